The van der Waals surface area contributed by atoms with Crippen molar-refractivity contribution < 1.29 is 9.53 Å². The van der Waals surface area contributed by atoms with Crippen molar-refractivity contribution >= 4 is 34.7 Å². The maximum Gasteiger partial charge on any atom is 0.257 e. The zero-order valence-corrected chi connectivity index (χ0v) is 17.1. The molecule has 3 rings (SSSR count). The molecule has 0 saturated heterocycles. The van der Waals surface area contributed by atoms with Gasteiger partial charge in [0.2, 0.25) is 0 Å². The van der Waals surface area contributed by atoms with Gasteiger partial charge in [-0.3, -0.25) is 4.79 Å². The summed E-state index contributed by atoms with van der Waals surface area (Å²) in [6.45, 7) is 0.485. The van der Waals surface area contributed by atoms with Crippen molar-refractivity contribution in [2.45, 2.75) is 6.42 Å². The molecule has 3 aromatic rings. The predicted octanol–water partition coefficient (Wildman–Crippen LogP) is 4.26. The standard InChI is InChI=1S/C22H23ClN4O2/c1-27(2)20-14-15(23)6-11-19(20)22(28)26-17-7-9-18(10-8-17)29-13-12-16-4-3-5-21(24)25-16/h3-11,14H,12-13H2,1-2H3,(H2,24,25)(H,26,28). The Kier molecular flexibility index (Phi) is 6.57. The summed E-state index contributed by atoms with van der Waals surface area (Å²) in [7, 11) is 3.74. The van der Waals surface area contributed by atoms with Crippen LogP contribution in [0.15, 0.2) is 60.7 Å². The van der Waals surface area contributed by atoms with Crippen LogP contribution < -0.4 is 20.7 Å². The van der Waals surface area contributed by atoms with E-state index < -0.39 is 0 Å². The van der Waals surface area contributed by atoms with Crippen LogP contribution >= 0.6 is 11.6 Å². The first-order valence-corrected chi connectivity index (χ1v) is 9.52. The fourth-order valence-electron chi connectivity index (χ4n) is 2.81. The second-order valence-corrected chi connectivity index (χ2v) is 7.12. The van der Waals surface area contributed by atoms with Gasteiger partial charge in [0.25, 0.3) is 5.91 Å². The summed E-state index contributed by atoms with van der Waals surface area (Å²) < 4.78 is 5.74. The van der Waals surface area contributed by atoms with Crippen LogP contribution in [0.25, 0.3) is 0 Å². The number of nitrogens with two attached hydrogens (primary N) is 1. The molecule has 29 heavy (non-hydrogen) atoms. The van der Waals surface area contributed by atoms with E-state index in [1.807, 2.05) is 43.3 Å². The van der Waals surface area contributed by atoms with Gasteiger partial charge in [0, 0.05) is 36.9 Å². The third kappa shape index (κ3) is 5.62. The summed E-state index contributed by atoms with van der Waals surface area (Å²) in [5.41, 5.74) is 8.55. The zero-order valence-electron chi connectivity index (χ0n) is 16.4. The predicted molar refractivity (Wildman–Crippen MR) is 118 cm³/mol. The molecule has 1 aromatic heterocycles. The Morgan fingerprint density at radius 1 is 1.14 bits per heavy atom. The van der Waals surface area contributed by atoms with Crippen LogP contribution in [0.3, 0.4) is 0 Å². The van der Waals surface area contributed by atoms with Gasteiger partial charge in [-0.05, 0) is 54.6 Å². The van der Waals surface area contributed by atoms with Crippen molar-refractivity contribution in [3.63, 3.8) is 0 Å². The Labute approximate surface area is 175 Å². The van der Waals surface area contributed by atoms with Gasteiger partial charge in [0.1, 0.15) is 11.6 Å². The number of anilines is 3. The number of aromatic nitrogens is 1. The minimum atomic E-state index is -0.202. The zero-order chi connectivity index (χ0) is 20.8. The molecule has 6 nitrogen and oxygen atoms in total. The summed E-state index contributed by atoms with van der Waals surface area (Å²) in [5.74, 6) is 1.01. The van der Waals surface area contributed by atoms with Crippen LogP contribution in [-0.4, -0.2) is 31.6 Å². The summed E-state index contributed by atoms with van der Waals surface area (Å²) in [4.78, 5) is 18.8. The average Bonchev–Trinajstić information content (AvgIpc) is 2.69. The van der Waals surface area contributed by atoms with Crippen molar-refractivity contribution in [2.24, 2.45) is 0 Å². The molecule has 2 aromatic carbocycles. The first-order chi connectivity index (χ1) is 13.9. The van der Waals surface area contributed by atoms with E-state index in [0.717, 1.165) is 11.4 Å². The van der Waals surface area contributed by atoms with Crippen LogP contribution in [-0.2, 0) is 6.42 Å². The van der Waals surface area contributed by atoms with E-state index in [0.29, 0.717) is 40.9 Å². The van der Waals surface area contributed by atoms with E-state index in [1.165, 1.54) is 0 Å². The number of rotatable bonds is 7. The normalized spacial score (nSPS) is 10.4. The van der Waals surface area contributed by atoms with Crippen LogP contribution in [0, 0.1) is 0 Å². The third-order valence-corrected chi connectivity index (χ3v) is 4.49. The molecule has 0 radical (unpaired) electrons. The van der Waals surface area contributed by atoms with Crippen LogP contribution in [0.1, 0.15) is 16.1 Å². The third-order valence-electron chi connectivity index (χ3n) is 4.25. The molecule has 0 unspecified atom stereocenters. The van der Waals surface area contributed by atoms with Crippen molar-refractivity contribution in [3.8, 4) is 5.75 Å². The Hall–Kier alpha value is -3.25. The lowest BCUT2D eigenvalue weighted by atomic mass is 10.1. The van der Waals surface area contributed by atoms with Crippen molar-refractivity contribution in [1.82, 2.24) is 4.98 Å². The SMILES string of the molecule is CN(C)c1cc(Cl)ccc1C(=O)Nc1ccc(OCCc2cccc(N)n2)cc1. The highest BCUT2D eigenvalue weighted by Gasteiger charge is 2.14. The Morgan fingerprint density at radius 2 is 1.90 bits per heavy atom. The highest BCUT2D eigenvalue weighted by molar-refractivity contribution is 6.31. The molecule has 0 aliphatic carbocycles. The number of nitrogens with zero attached hydrogens (tertiary/aromatic N) is 2. The van der Waals surface area contributed by atoms with Gasteiger partial charge in [0.05, 0.1) is 17.9 Å². The molecule has 0 fully saturated rings. The van der Waals surface area contributed by atoms with Gasteiger partial charge >= 0.3 is 0 Å². The van der Waals surface area contributed by atoms with E-state index in [4.69, 9.17) is 22.1 Å². The Balaban J connectivity index is 1.58. The number of benzene rings is 2. The second-order valence-electron chi connectivity index (χ2n) is 6.69. The van der Waals surface area contributed by atoms with Gasteiger partial charge in [-0.1, -0.05) is 17.7 Å². The van der Waals surface area contributed by atoms with Gasteiger partial charge in [0.15, 0.2) is 0 Å². The molecule has 150 valence electrons. The number of hydrogen-bond donors (Lipinski definition) is 2. The maximum atomic E-state index is 12.7. The Bertz CT molecular complexity index is 990. The molecular formula is C22H23ClN4O2. The summed E-state index contributed by atoms with van der Waals surface area (Å²) in [5, 5.41) is 3.48. The maximum absolute atomic E-state index is 12.7. The molecule has 7 heteroatoms. The summed E-state index contributed by atoms with van der Waals surface area (Å²) in [6.07, 6.45) is 0.660. The highest BCUT2D eigenvalue weighted by atomic mass is 35.5. The van der Waals surface area contributed by atoms with Gasteiger partial charge in [-0.2, -0.15) is 0 Å². The second kappa shape index (κ2) is 9.30. The minimum absolute atomic E-state index is 0.202. The average molecular weight is 411 g/mol. The fraction of sp³-hybridized carbons (Fsp3) is 0.182. The molecule has 0 atom stereocenters. The van der Waals surface area contributed by atoms with E-state index in [2.05, 4.69) is 10.3 Å². The van der Waals surface area contributed by atoms with Crippen molar-refractivity contribution in [2.75, 3.05) is 36.7 Å². The lowest BCUT2D eigenvalue weighted by Gasteiger charge is -2.17. The lowest BCUT2D eigenvalue weighted by molar-refractivity contribution is 0.102. The van der Waals surface area contributed by atoms with Gasteiger partial charge in [-0.25, -0.2) is 4.98 Å². The van der Waals surface area contributed by atoms with E-state index in [9.17, 15) is 4.79 Å². The van der Waals surface area contributed by atoms with E-state index in [-0.39, 0.29) is 5.91 Å². The Morgan fingerprint density at radius 3 is 2.59 bits per heavy atom. The summed E-state index contributed by atoms with van der Waals surface area (Å²) >= 11 is 6.05. The lowest BCUT2D eigenvalue weighted by Crippen LogP contribution is -2.18. The number of pyridine rings is 1. The first-order valence-electron chi connectivity index (χ1n) is 9.15. The number of amides is 1. The molecule has 3 N–H and O–H groups in total. The van der Waals surface area contributed by atoms with Crippen molar-refractivity contribution in [3.05, 3.63) is 76.9 Å². The summed E-state index contributed by atoms with van der Waals surface area (Å²) in [6, 6.07) is 18.0. The fourth-order valence-corrected chi connectivity index (χ4v) is 2.98. The van der Waals surface area contributed by atoms with Crippen LogP contribution in [0.2, 0.25) is 5.02 Å². The quantitative estimate of drug-likeness (QED) is 0.608. The molecule has 0 aliphatic heterocycles. The minimum Gasteiger partial charge on any atom is -0.493 e. The number of nitrogens with one attached hydrogen (secondary N) is 1. The molecule has 0 spiro atoms. The smallest absolute Gasteiger partial charge is 0.257 e. The molecule has 0 aliphatic rings. The van der Waals surface area contributed by atoms with E-state index in [1.54, 1.807) is 36.4 Å². The number of carbonyl (C=O) groups excluding carboxylic acids is 1. The van der Waals surface area contributed by atoms with Gasteiger partial charge in [-0.15, -0.1) is 0 Å². The molecule has 0 bridgehead atoms. The molecular weight excluding hydrogens is 388 g/mol. The number of carbonyl (C=O) groups is 1. The number of hydrogen-bond acceptors (Lipinski definition) is 5. The highest BCUT2D eigenvalue weighted by Crippen LogP contribution is 2.25. The number of nitrogen functional groups attached to an aromatic ring is 1. The number of ether oxygens (including phenoxy) is 1. The van der Waals surface area contributed by atoms with Crippen LogP contribution in [0.4, 0.5) is 17.2 Å². The van der Waals surface area contributed by atoms with Gasteiger partial charge < -0.3 is 20.7 Å². The van der Waals surface area contributed by atoms with E-state index >= 15 is 0 Å². The monoisotopic (exact) mass is 410 g/mol. The molecule has 0 saturated carbocycles. The number of halogens is 1. The topological polar surface area (TPSA) is 80.5 Å². The van der Waals surface area contributed by atoms with Crippen molar-refractivity contribution in [1.29, 1.82) is 0 Å². The first kappa shape index (κ1) is 20.5. The molecule has 1 amide bonds. The molecule has 1 heterocycles. The largest absolute Gasteiger partial charge is 0.493 e. The van der Waals surface area contributed by atoms with Crippen LogP contribution in [0.5, 0.6) is 5.75 Å².